The van der Waals surface area contributed by atoms with Gasteiger partial charge in [-0.15, -0.1) is 0 Å². The molecule has 1 aromatic rings. The molecular formula is C22H33NO4. The summed E-state index contributed by atoms with van der Waals surface area (Å²) in [5.41, 5.74) is 0.590. The lowest BCUT2D eigenvalue weighted by Crippen LogP contribution is -2.42. The Morgan fingerprint density at radius 1 is 1.19 bits per heavy atom. The molecule has 1 N–H and O–H groups in total. The molecule has 150 valence electrons. The van der Waals surface area contributed by atoms with Gasteiger partial charge in [0.1, 0.15) is 12.7 Å². The predicted molar refractivity (Wildman–Crippen MR) is 106 cm³/mol. The number of hydrogen-bond acceptors (Lipinski definition) is 5. The highest BCUT2D eigenvalue weighted by Crippen LogP contribution is 2.34. The summed E-state index contributed by atoms with van der Waals surface area (Å²) in [7, 11) is 1.56. The summed E-state index contributed by atoms with van der Waals surface area (Å²) in [6.07, 6.45) is 8.73. The van der Waals surface area contributed by atoms with E-state index < -0.39 is 6.10 Å². The minimum atomic E-state index is -0.536. The molecule has 0 unspecified atom stereocenters. The molecule has 0 bridgehead atoms. The molecule has 2 aliphatic rings. The highest BCUT2D eigenvalue weighted by molar-refractivity contribution is 5.94. The molecule has 1 saturated carbocycles. The Bertz CT molecular complexity index is 627. The van der Waals surface area contributed by atoms with Gasteiger partial charge in [-0.25, -0.2) is 0 Å². The molecule has 0 amide bonds. The normalized spacial score (nSPS) is 22.6. The van der Waals surface area contributed by atoms with Gasteiger partial charge in [0.05, 0.1) is 7.11 Å². The number of hydrogen-bond donors (Lipinski definition) is 1. The number of β-amino-alcohol motifs (C(OH)–C–C–N with tert-alkyl or cyclic N) is 1. The number of rotatable bonds is 8. The van der Waals surface area contributed by atoms with Crippen LogP contribution in [0, 0.1) is 5.92 Å². The number of Topliss-reactive ketones (excluding diaryl/α,β-unsaturated/α-hetero) is 1. The van der Waals surface area contributed by atoms with E-state index in [4.69, 9.17) is 9.47 Å². The molecule has 2 atom stereocenters. The molecule has 27 heavy (non-hydrogen) atoms. The molecule has 1 aliphatic carbocycles. The van der Waals surface area contributed by atoms with E-state index in [0.717, 1.165) is 12.5 Å². The lowest BCUT2D eigenvalue weighted by atomic mass is 9.83. The fourth-order valence-corrected chi connectivity index (χ4v) is 4.65. The Morgan fingerprint density at radius 3 is 2.67 bits per heavy atom. The van der Waals surface area contributed by atoms with Crippen molar-refractivity contribution in [3.05, 3.63) is 23.8 Å². The first kappa shape index (κ1) is 20.2. The fourth-order valence-electron chi connectivity index (χ4n) is 4.65. The standard InChI is InChI=1S/C22H33NO4/c1-16(24)18-10-11-21(22(13-18)26-2)27-15-19(25)14-23-12-6-9-20(23)17-7-4-3-5-8-17/h10-11,13,17,19-20,25H,3-9,12,14-15H2,1-2H3/t19-,20+/m1/s1. The van der Waals surface area contributed by atoms with E-state index in [0.29, 0.717) is 29.6 Å². The zero-order chi connectivity index (χ0) is 19.2. The minimum Gasteiger partial charge on any atom is -0.493 e. The molecule has 5 nitrogen and oxygen atoms in total. The van der Waals surface area contributed by atoms with Crippen molar-refractivity contribution in [2.45, 2.75) is 64.0 Å². The van der Waals surface area contributed by atoms with Gasteiger partial charge in [0.2, 0.25) is 0 Å². The number of likely N-dealkylation sites (tertiary alicyclic amines) is 1. The monoisotopic (exact) mass is 375 g/mol. The lowest BCUT2D eigenvalue weighted by molar-refractivity contribution is 0.0490. The Labute approximate surface area is 162 Å². The number of aliphatic hydroxyl groups excluding tert-OH is 1. The minimum absolute atomic E-state index is 0.0114. The van der Waals surface area contributed by atoms with Crippen molar-refractivity contribution in [1.82, 2.24) is 4.90 Å². The number of carbonyl (C=O) groups excluding carboxylic acids is 1. The number of ether oxygens (including phenoxy) is 2. The van der Waals surface area contributed by atoms with E-state index in [-0.39, 0.29) is 12.4 Å². The molecule has 1 aromatic carbocycles. The van der Waals surface area contributed by atoms with Crippen LogP contribution in [0.5, 0.6) is 11.5 Å². The summed E-state index contributed by atoms with van der Waals surface area (Å²) >= 11 is 0. The largest absolute Gasteiger partial charge is 0.493 e. The van der Waals surface area contributed by atoms with E-state index in [1.807, 2.05) is 0 Å². The van der Waals surface area contributed by atoms with Crippen molar-refractivity contribution >= 4 is 5.78 Å². The average molecular weight is 376 g/mol. The third kappa shape index (κ3) is 5.23. The third-order valence-electron chi connectivity index (χ3n) is 6.05. The number of aliphatic hydroxyl groups is 1. The Kier molecular flexibility index (Phi) is 7.13. The van der Waals surface area contributed by atoms with Gasteiger partial charge in [-0.3, -0.25) is 9.69 Å². The maximum Gasteiger partial charge on any atom is 0.161 e. The number of nitrogens with zero attached hydrogens (tertiary/aromatic N) is 1. The van der Waals surface area contributed by atoms with Crippen LogP contribution in [0.4, 0.5) is 0 Å². The molecule has 5 heteroatoms. The first-order valence-electron chi connectivity index (χ1n) is 10.3. The number of ketones is 1. The van der Waals surface area contributed by atoms with Crippen LogP contribution in [0.2, 0.25) is 0 Å². The molecular weight excluding hydrogens is 342 g/mol. The summed E-state index contributed by atoms with van der Waals surface area (Å²) in [6.45, 7) is 3.49. The number of carbonyl (C=O) groups is 1. The van der Waals surface area contributed by atoms with Crippen molar-refractivity contribution in [2.24, 2.45) is 5.92 Å². The quantitative estimate of drug-likeness (QED) is 0.703. The SMILES string of the molecule is COc1cc(C(C)=O)ccc1OC[C@H](O)CN1CCC[C@H]1C1CCCCC1. The highest BCUT2D eigenvalue weighted by atomic mass is 16.5. The van der Waals surface area contributed by atoms with Gasteiger partial charge in [-0.2, -0.15) is 0 Å². The Balaban J connectivity index is 1.53. The summed E-state index contributed by atoms with van der Waals surface area (Å²) in [4.78, 5) is 14.0. The van der Waals surface area contributed by atoms with Crippen molar-refractivity contribution in [3.8, 4) is 11.5 Å². The van der Waals surface area contributed by atoms with Gasteiger partial charge in [0, 0.05) is 18.2 Å². The number of methoxy groups -OCH3 is 1. The van der Waals surface area contributed by atoms with Crippen LogP contribution in [0.25, 0.3) is 0 Å². The Morgan fingerprint density at radius 2 is 1.96 bits per heavy atom. The topological polar surface area (TPSA) is 59.0 Å². The van der Waals surface area contributed by atoms with Crippen molar-refractivity contribution < 1.29 is 19.4 Å². The van der Waals surface area contributed by atoms with Gasteiger partial charge in [0.25, 0.3) is 0 Å². The molecule has 3 rings (SSSR count). The van der Waals surface area contributed by atoms with E-state index in [2.05, 4.69) is 4.90 Å². The average Bonchev–Trinajstić information content (AvgIpc) is 3.14. The number of benzene rings is 1. The summed E-state index contributed by atoms with van der Waals surface area (Å²) in [5, 5.41) is 10.5. The second kappa shape index (κ2) is 9.56. The van der Waals surface area contributed by atoms with Crippen LogP contribution >= 0.6 is 0 Å². The summed E-state index contributed by atoms with van der Waals surface area (Å²) < 4.78 is 11.1. The van der Waals surface area contributed by atoms with Gasteiger partial charge in [0.15, 0.2) is 17.3 Å². The van der Waals surface area contributed by atoms with E-state index in [1.165, 1.54) is 51.9 Å². The van der Waals surface area contributed by atoms with Crippen molar-refractivity contribution in [3.63, 3.8) is 0 Å². The third-order valence-corrected chi connectivity index (χ3v) is 6.05. The zero-order valence-corrected chi connectivity index (χ0v) is 16.7. The second-order valence-corrected chi connectivity index (χ2v) is 7.99. The second-order valence-electron chi connectivity index (χ2n) is 7.99. The van der Waals surface area contributed by atoms with Gasteiger partial charge in [-0.1, -0.05) is 19.3 Å². The van der Waals surface area contributed by atoms with Crippen LogP contribution in [-0.4, -0.2) is 54.7 Å². The summed E-state index contributed by atoms with van der Waals surface area (Å²) in [6, 6.07) is 5.78. The Hall–Kier alpha value is -1.59. The van der Waals surface area contributed by atoms with Crippen molar-refractivity contribution in [1.29, 1.82) is 0 Å². The van der Waals surface area contributed by atoms with Crippen molar-refractivity contribution in [2.75, 3.05) is 26.8 Å². The van der Waals surface area contributed by atoms with E-state index in [1.54, 1.807) is 25.3 Å². The summed E-state index contributed by atoms with van der Waals surface area (Å²) in [5.74, 6) is 1.87. The van der Waals surface area contributed by atoms with Gasteiger partial charge in [-0.05, 0) is 63.3 Å². The van der Waals surface area contributed by atoms with Crippen LogP contribution in [0.3, 0.4) is 0 Å². The molecule has 0 aromatic heterocycles. The smallest absolute Gasteiger partial charge is 0.161 e. The van der Waals surface area contributed by atoms with E-state index in [9.17, 15) is 9.90 Å². The highest BCUT2D eigenvalue weighted by Gasteiger charge is 2.33. The van der Waals surface area contributed by atoms with Crippen LogP contribution in [-0.2, 0) is 0 Å². The molecule has 1 aliphatic heterocycles. The molecule has 2 fully saturated rings. The maximum atomic E-state index is 11.5. The lowest BCUT2D eigenvalue weighted by Gasteiger charge is -2.35. The molecule has 0 radical (unpaired) electrons. The van der Waals surface area contributed by atoms with Crippen LogP contribution in [0.15, 0.2) is 18.2 Å². The van der Waals surface area contributed by atoms with Gasteiger partial charge < -0.3 is 14.6 Å². The molecule has 1 heterocycles. The first-order chi connectivity index (χ1) is 13.1. The van der Waals surface area contributed by atoms with Crippen LogP contribution < -0.4 is 9.47 Å². The molecule has 0 spiro atoms. The predicted octanol–water partition coefficient (Wildman–Crippen LogP) is 3.68. The molecule has 1 saturated heterocycles. The van der Waals surface area contributed by atoms with Crippen LogP contribution in [0.1, 0.15) is 62.2 Å². The van der Waals surface area contributed by atoms with Gasteiger partial charge >= 0.3 is 0 Å². The van der Waals surface area contributed by atoms with E-state index >= 15 is 0 Å². The zero-order valence-electron chi connectivity index (χ0n) is 16.7. The fraction of sp³-hybridized carbons (Fsp3) is 0.682. The maximum absolute atomic E-state index is 11.5. The first-order valence-corrected chi connectivity index (χ1v) is 10.3.